The van der Waals surface area contributed by atoms with E-state index >= 15 is 0 Å². The van der Waals surface area contributed by atoms with E-state index in [1.54, 1.807) is 0 Å². The second-order valence-corrected chi connectivity index (χ2v) is 6.79. The van der Waals surface area contributed by atoms with Gasteiger partial charge in [0.05, 0.1) is 17.9 Å². The SMILES string of the molecule is C=C1/C=C\C=C/CN/C=C\1c1ccc(CC(=C=CNC)C2C=CCN=CC2)nn1. The van der Waals surface area contributed by atoms with Gasteiger partial charge in [-0.2, -0.15) is 10.2 Å². The first-order chi connectivity index (χ1) is 14.3. The average molecular weight is 386 g/mol. The van der Waals surface area contributed by atoms with E-state index < -0.39 is 0 Å². The predicted octanol–water partition coefficient (Wildman–Crippen LogP) is 3.54. The number of allylic oxidation sites excluding steroid dienone is 7. The number of hydrogen-bond donors (Lipinski definition) is 2. The lowest BCUT2D eigenvalue weighted by Crippen LogP contribution is -2.08. The minimum atomic E-state index is 0.269. The van der Waals surface area contributed by atoms with Gasteiger partial charge in [0.15, 0.2) is 0 Å². The predicted molar refractivity (Wildman–Crippen MR) is 120 cm³/mol. The van der Waals surface area contributed by atoms with Gasteiger partial charge >= 0.3 is 0 Å². The summed E-state index contributed by atoms with van der Waals surface area (Å²) in [6, 6.07) is 4.03. The van der Waals surface area contributed by atoms with Crippen molar-refractivity contribution in [2.45, 2.75) is 12.8 Å². The standard InChI is InChI=1S/C24H27N5/c1-19-7-4-3-5-13-27-18-23(19)24-10-9-22(28-29-24)17-21(11-15-25-2)20-8-6-14-26-16-12-20/h3-10,15-16,18,20,25,27H,1,12-14,17H2,2H3/b5-3-,7-4-,23-18+. The van der Waals surface area contributed by atoms with Gasteiger partial charge in [-0.1, -0.05) is 43.0 Å². The smallest absolute Gasteiger partial charge is 0.0950 e. The van der Waals surface area contributed by atoms with Crippen molar-refractivity contribution in [2.75, 3.05) is 20.1 Å². The molecule has 1 aromatic rings. The molecule has 0 saturated carbocycles. The van der Waals surface area contributed by atoms with Crippen molar-refractivity contribution in [2.24, 2.45) is 10.9 Å². The van der Waals surface area contributed by atoms with Gasteiger partial charge in [-0.15, -0.1) is 5.73 Å². The second kappa shape index (κ2) is 10.8. The summed E-state index contributed by atoms with van der Waals surface area (Å²) in [4.78, 5) is 4.35. The Morgan fingerprint density at radius 1 is 1.31 bits per heavy atom. The van der Waals surface area contributed by atoms with Crippen LogP contribution in [0.4, 0.5) is 0 Å². The summed E-state index contributed by atoms with van der Waals surface area (Å²) in [5, 5.41) is 15.2. The Balaban J connectivity index is 1.80. The lowest BCUT2D eigenvalue weighted by Gasteiger charge is -2.13. The maximum atomic E-state index is 4.48. The fourth-order valence-corrected chi connectivity index (χ4v) is 3.10. The minimum Gasteiger partial charge on any atom is -0.388 e. The van der Waals surface area contributed by atoms with Gasteiger partial charge < -0.3 is 10.6 Å². The lowest BCUT2D eigenvalue weighted by molar-refractivity contribution is 0.763. The van der Waals surface area contributed by atoms with E-state index in [9.17, 15) is 0 Å². The molecule has 3 rings (SSSR count). The number of nitrogens with zero attached hydrogens (tertiary/aromatic N) is 3. The van der Waals surface area contributed by atoms with E-state index in [0.29, 0.717) is 6.42 Å². The highest BCUT2D eigenvalue weighted by Gasteiger charge is 2.14. The quantitative estimate of drug-likeness (QED) is 0.601. The molecule has 5 heteroatoms. The number of aliphatic imine (C=N–C) groups is 1. The van der Waals surface area contributed by atoms with Crippen LogP contribution < -0.4 is 10.6 Å². The van der Waals surface area contributed by atoms with E-state index in [0.717, 1.165) is 47.6 Å². The van der Waals surface area contributed by atoms with Crippen LogP contribution in [0.3, 0.4) is 0 Å². The average Bonchev–Trinajstić information content (AvgIpc) is 2.97. The summed E-state index contributed by atoms with van der Waals surface area (Å²) in [5.41, 5.74) is 8.08. The molecule has 148 valence electrons. The third-order valence-corrected chi connectivity index (χ3v) is 4.66. The molecule has 2 N–H and O–H groups in total. The molecule has 0 aromatic carbocycles. The summed E-state index contributed by atoms with van der Waals surface area (Å²) in [6.45, 7) is 5.65. The van der Waals surface area contributed by atoms with Crippen LogP contribution >= 0.6 is 0 Å². The first-order valence-electron chi connectivity index (χ1n) is 9.83. The maximum absolute atomic E-state index is 4.48. The van der Waals surface area contributed by atoms with E-state index in [1.165, 1.54) is 0 Å². The first kappa shape index (κ1) is 20.3. The second-order valence-electron chi connectivity index (χ2n) is 6.79. The lowest BCUT2D eigenvalue weighted by atomic mass is 9.92. The molecule has 0 radical (unpaired) electrons. The zero-order chi connectivity index (χ0) is 20.3. The van der Waals surface area contributed by atoms with Crippen LogP contribution in [0.5, 0.6) is 0 Å². The molecule has 29 heavy (non-hydrogen) atoms. The fraction of sp³-hybridized carbons (Fsp3) is 0.250. The monoisotopic (exact) mass is 385 g/mol. The first-order valence-corrected chi connectivity index (χ1v) is 9.83. The number of aromatic nitrogens is 2. The van der Waals surface area contributed by atoms with Gasteiger partial charge in [-0.25, -0.2) is 0 Å². The van der Waals surface area contributed by atoms with Crippen LogP contribution in [-0.2, 0) is 6.42 Å². The van der Waals surface area contributed by atoms with Crippen molar-refractivity contribution in [3.8, 4) is 0 Å². The molecule has 0 aliphatic carbocycles. The van der Waals surface area contributed by atoms with Gasteiger partial charge in [0.1, 0.15) is 0 Å². The van der Waals surface area contributed by atoms with Crippen LogP contribution in [0.15, 0.2) is 89.4 Å². The summed E-state index contributed by atoms with van der Waals surface area (Å²) in [7, 11) is 1.87. The molecule has 1 unspecified atom stereocenters. The van der Waals surface area contributed by atoms with Gasteiger partial charge in [-0.05, 0) is 35.9 Å². The third kappa shape index (κ3) is 6.03. The Labute approximate surface area is 172 Å². The zero-order valence-corrected chi connectivity index (χ0v) is 16.8. The van der Waals surface area contributed by atoms with Crippen molar-refractivity contribution >= 4 is 11.8 Å². The van der Waals surface area contributed by atoms with E-state index in [2.05, 4.69) is 56.4 Å². The molecule has 2 aliphatic heterocycles. The Morgan fingerprint density at radius 2 is 2.24 bits per heavy atom. The van der Waals surface area contributed by atoms with Gasteiger partial charge in [-0.3, -0.25) is 4.99 Å². The summed E-state index contributed by atoms with van der Waals surface area (Å²) in [6.07, 6.45) is 19.7. The van der Waals surface area contributed by atoms with Crippen molar-refractivity contribution in [3.05, 3.63) is 95.8 Å². The van der Waals surface area contributed by atoms with Crippen molar-refractivity contribution in [3.63, 3.8) is 0 Å². The Bertz CT molecular complexity index is 923. The van der Waals surface area contributed by atoms with Crippen molar-refractivity contribution in [1.82, 2.24) is 20.8 Å². The molecule has 5 nitrogen and oxygen atoms in total. The molecule has 0 fully saturated rings. The van der Waals surface area contributed by atoms with Crippen LogP contribution in [0.2, 0.25) is 0 Å². The van der Waals surface area contributed by atoms with Gasteiger partial charge in [0.2, 0.25) is 0 Å². The Hall–Kier alpha value is -3.43. The highest BCUT2D eigenvalue weighted by Crippen LogP contribution is 2.23. The normalized spacial score (nSPS) is 22.4. The molecular weight excluding hydrogens is 358 g/mol. The van der Waals surface area contributed by atoms with Crippen LogP contribution in [0, 0.1) is 5.92 Å². The van der Waals surface area contributed by atoms with Crippen LogP contribution in [-0.4, -0.2) is 36.5 Å². The van der Waals surface area contributed by atoms with Crippen molar-refractivity contribution in [1.29, 1.82) is 0 Å². The van der Waals surface area contributed by atoms with Crippen LogP contribution in [0.1, 0.15) is 17.8 Å². The number of rotatable bonds is 5. The molecule has 0 bridgehead atoms. The van der Waals surface area contributed by atoms with Gasteiger partial charge in [0.25, 0.3) is 0 Å². The number of nitrogens with one attached hydrogen (secondary N) is 2. The highest BCUT2D eigenvalue weighted by atomic mass is 15.1. The molecule has 0 amide bonds. The Morgan fingerprint density at radius 3 is 3.07 bits per heavy atom. The van der Waals surface area contributed by atoms with Crippen molar-refractivity contribution < 1.29 is 0 Å². The summed E-state index contributed by atoms with van der Waals surface area (Å²) >= 11 is 0. The minimum absolute atomic E-state index is 0.269. The molecular formula is C24H27N5. The summed E-state index contributed by atoms with van der Waals surface area (Å²) < 4.78 is 0. The van der Waals surface area contributed by atoms with Gasteiger partial charge in [0, 0.05) is 43.9 Å². The highest BCUT2D eigenvalue weighted by molar-refractivity contribution is 5.79. The molecule has 1 aromatic heterocycles. The molecule has 1 atom stereocenters. The molecule has 2 aliphatic rings. The fourth-order valence-electron chi connectivity index (χ4n) is 3.10. The largest absolute Gasteiger partial charge is 0.388 e. The third-order valence-electron chi connectivity index (χ3n) is 4.66. The maximum Gasteiger partial charge on any atom is 0.0950 e. The Kier molecular flexibility index (Phi) is 7.55. The van der Waals surface area contributed by atoms with E-state index in [1.807, 2.05) is 56.0 Å². The molecule has 3 heterocycles. The van der Waals surface area contributed by atoms with E-state index in [4.69, 9.17) is 0 Å². The number of hydrogen-bond acceptors (Lipinski definition) is 5. The zero-order valence-electron chi connectivity index (χ0n) is 16.8. The summed E-state index contributed by atoms with van der Waals surface area (Å²) in [5.74, 6) is 0.269. The van der Waals surface area contributed by atoms with E-state index in [-0.39, 0.29) is 5.92 Å². The van der Waals surface area contributed by atoms with Crippen LogP contribution in [0.25, 0.3) is 5.57 Å². The molecule has 0 spiro atoms. The topological polar surface area (TPSA) is 62.2 Å². The molecule has 0 saturated heterocycles.